The van der Waals surface area contributed by atoms with Gasteiger partial charge in [0.05, 0.1) is 24.7 Å². The van der Waals surface area contributed by atoms with Crippen molar-refractivity contribution in [1.29, 1.82) is 0 Å². The molecule has 0 aliphatic carbocycles. The number of aliphatic hydroxyl groups is 1. The lowest BCUT2D eigenvalue weighted by molar-refractivity contribution is -0.385. The number of esters is 2. The van der Waals surface area contributed by atoms with Gasteiger partial charge >= 0.3 is 11.9 Å². The highest BCUT2D eigenvalue weighted by atomic mass is 16.6. The molecule has 42 heavy (non-hydrogen) atoms. The number of benzene rings is 2. The Bertz CT molecular complexity index is 1360. The number of nitro groups is 1. The number of nitro benzene ring substituents is 1. The molecule has 0 aromatic heterocycles. The van der Waals surface area contributed by atoms with Crippen LogP contribution >= 0.6 is 0 Å². The maximum Gasteiger partial charge on any atom is 0.336 e. The number of aliphatic hydroxyl groups excluding tert-OH is 1. The molecule has 2 aromatic rings. The SMILES string of the molecule is COC(=O)C1=C(C)N=C(C)C(C(=O)OC)C1c1cc([N+](=O)[O-])ccc1OCC=CCNC[C@H](O)COc1ccccc1. The average molecular weight is 582 g/mol. The Morgan fingerprint density at radius 3 is 2.50 bits per heavy atom. The maximum absolute atomic E-state index is 12.9. The van der Waals surface area contributed by atoms with Crippen molar-refractivity contribution in [2.24, 2.45) is 10.9 Å². The van der Waals surface area contributed by atoms with Crippen LogP contribution in [0.3, 0.4) is 0 Å². The third-order valence-electron chi connectivity index (χ3n) is 6.56. The van der Waals surface area contributed by atoms with Crippen LogP contribution in [0.2, 0.25) is 0 Å². The molecule has 3 rings (SSSR count). The van der Waals surface area contributed by atoms with E-state index >= 15 is 0 Å². The van der Waals surface area contributed by atoms with E-state index in [9.17, 15) is 24.8 Å². The summed E-state index contributed by atoms with van der Waals surface area (Å²) >= 11 is 0. The van der Waals surface area contributed by atoms with Gasteiger partial charge in [0, 0.05) is 48.1 Å². The van der Waals surface area contributed by atoms with Crippen molar-refractivity contribution in [3.8, 4) is 11.5 Å². The predicted octanol–water partition coefficient (Wildman–Crippen LogP) is 3.35. The third-order valence-corrected chi connectivity index (χ3v) is 6.56. The predicted molar refractivity (Wildman–Crippen MR) is 155 cm³/mol. The summed E-state index contributed by atoms with van der Waals surface area (Å²) in [6, 6.07) is 13.2. The summed E-state index contributed by atoms with van der Waals surface area (Å²) < 4.78 is 21.5. The first-order chi connectivity index (χ1) is 20.2. The Kier molecular flexibility index (Phi) is 11.8. The molecule has 1 aliphatic heterocycles. The van der Waals surface area contributed by atoms with E-state index in [-0.39, 0.29) is 35.8 Å². The highest BCUT2D eigenvalue weighted by Crippen LogP contribution is 2.44. The minimum atomic E-state index is -1.03. The van der Waals surface area contributed by atoms with Crippen molar-refractivity contribution < 1.29 is 38.6 Å². The third kappa shape index (κ3) is 8.24. The Balaban J connectivity index is 1.73. The number of carbonyl (C=O) groups is 2. The fourth-order valence-electron chi connectivity index (χ4n) is 4.60. The maximum atomic E-state index is 12.9. The van der Waals surface area contributed by atoms with Gasteiger partial charge in [0.2, 0.25) is 0 Å². The van der Waals surface area contributed by atoms with Gasteiger partial charge in [-0.15, -0.1) is 0 Å². The minimum Gasteiger partial charge on any atom is -0.491 e. The van der Waals surface area contributed by atoms with Crippen molar-refractivity contribution in [3.05, 3.63) is 87.6 Å². The number of carbonyl (C=O) groups excluding carboxylic acids is 2. The van der Waals surface area contributed by atoms with Crippen molar-refractivity contribution >= 4 is 23.3 Å². The number of hydrogen-bond donors (Lipinski definition) is 2. The first kappa shape index (κ1) is 32.0. The molecule has 0 radical (unpaired) electrons. The molecule has 3 atom stereocenters. The van der Waals surface area contributed by atoms with Crippen LogP contribution in [-0.2, 0) is 19.1 Å². The second-order valence-corrected chi connectivity index (χ2v) is 9.42. The lowest BCUT2D eigenvalue weighted by atomic mass is 9.75. The van der Waals surface area contributed by atoms with Crippen LogP contribution in [0.5, 0.6) is 11.5 Å². The number of para-hydroxylation sites is 1. The number of allylic oxidation sites excluding steroid dienone is 1. The van der Waals surface area contributed by atoms with Crippen molar-refractivity contribution in [1.82, 2.24) is 5.32 Å². The standard InChI is InChI=1S/C30H35N3O9/c1-19-26(29(35)39-3)28(27(20(2)32-19)30(36)40-4)24-16-21(33(37)38)12-13-25(24)41-15-9-8-14-31-17-22(34)18-42-23-10-6-5-7-11-23/h5-13,16,22,26,28,31,34H,14-15,17-18H2,1-4H3/t22-,26?,28?/m0/s1. The largest absolute Gasteiger partial charge is 0.491 e. The van der Waals surface area contributed by atoms with Crippen LogP contribution in [0, 0.1) is 16.0 Å². The van der Waals surface area contributed by atoms with Crippen LogP contribution < -0.4 is 14.8 Å². The zero-order valence-corrected chi connectivity index (χ0v) is 23.9. The molecule has 0 saturated carbocycles. The number of hydrogen-bond acceptors (Lipinski definition) is 11. The van der Waals surface area contributed by atoms with Gasteiger partial charge < -0.3 is 29.4 Å². The summed E-state index contributed by atoms with van der Waals surface area (Å²) in [4.78, 5) is 41.2. The Morgan fingerprint density at radius 2 is 1.83 bits per heavy atom. The molecule has 2 N–H and O–H groups in total. The van der Waals surface area contributed by atoms with E-state index in [1.807, 2.05) is 30.3 Å². The fourth-order valence-corrected chi connectivity index (χ4v) is 4.60. The van der Waals surface area contributed by atoms with E-state index in [0.29, 0.717) is 30.2 Å². The van der Waals surface area contributed by atoms with E-state index in [0.717, 1.165) is 0 Å². The molecule has 0 spiro atoms. The van der Waals surface area contributed by atoms with Crippen LogP contribution in [0.25, 0.3) is 0 Å². The molecule has 0 amide bonds. The average Bonchev–Trinajstić information content (AvgIpc) is 2.99. The van der Waals surface area contributed by atoms with Crippen LogP contribution in [0.15, 0.2) is 76.9 Å². The number of nitrogens with one attached hydrogen (secondary N) is 1. The van der Waals surface area contributed by atoms with E-state index in [4.69, 9.17) is 18.9 Å². The Labute approximate surface area is 243 Å². The van der Waals surface area contributed by atoms with Gasteiger partial charge in [-0.25, -0.2) is 4.79 Å². The molecule has 1 aliphatic rings. The molecular formula is C30H35N3O9. The smallest absolute Gasteiger partial charge is 0.336 e. The first-order valence-corrected chi connectivity index (χ1v) is 13.2. The molecule has 0 bridgehead atoms. The zero-order chi connectivity index (χ0) is 30.6. The molecule has 224 valence electrons. The van der Waals surface area contributed by atoms with Gasteiger partial charge in [0.25, 0.3) is 5.69 Å². The van der Waals surface area contributed by atoms with Gasteiger partial charge in [-0.05, 0) is 32.0 Å². The van der Waals surface area contributed by atoms with Crippen molar-refractivity contribution in [2.45, 2.75) is 25.9 Å². The number of rotatable bonds is 14. The summed E-state index contributed by atoms with van der Waals surface area (Å²) in [6.45, 7) is 4.22. The highest BCUT2D eigenvalue weighted by Gasteiger charge is 2.43. The van der Waals surface area contributed by atoms with Gasteiger partial charge in [-0.2, -0.15) is 0 Å². The molecule has 0 fully saturated rings. The monoisotopic (exact) mass is 581 g/mol. The number of ether oxygens (including phenoxy) is 4. The van der Waals surface area contributed by atoms with Gasteiger partial charge in [0.15, 0.2) is 0 Å². The summed E-state index contributed by atoms with van der Waals surface area (Å²) in [5.41, 5.74) is 0.804. The summed E-state index contributed by atoms with van der Waals surface area (Å²) in [6.07, 6.45) is 2.83. The zero-order valence-electron chi connectivity index (χ0n) is 23.9. The van der Waals surface area contributed by atoms with Crippen LogP contribution in [-0.4, -0.2) is 74.3 Å². The summed E-state index contributed by atoms with van der Waals surface area (Å²) in [7, 11) is 2.42. The number of methoxy groups -OCH3 is 2. The second-order valence-electron chi connectivity index (χ2n) is 9.42. The number of aliphatic imine (C=N–C) groups is 1. The number of nitrogens with zero attached hydrogens (tertiary/aromatic N) is 2. The van der Waals surface area contributed by atoms with Crippen LogP contribution in [0.1, 0.15) is 25.3 Å². The molecule has 2 unspecified atom stereocenters. The normalized spacial score (nSPS) is 17.4. The fraction of sp³-hybridized carbons (Fsp3) is 0.367. The lowest BCUT2D eigenvalue weighted by Gasteiger charge is -2.31. The van der Waals surface area contributed by atoms with E-state index in [1.165, 1.54) is 32.4 Å². The Hall–Kier alpha value is -4.55. The second kappa shape index (κ2) is 15.5. The van der Waals surface area contributed by atoms with E-state index < -0.39 is 34.8 Å². The van der Waals surface area contributed by atoms with Crippen molar-refractivity contribution in [3.63, 3.8) is 0 Å². The van der Waals surface area contributed by atoms with Gasteiger partial charge in [0.1, 0.15) is 36.7 Å². The molecule has 0 saturated heterocycles. The molecule has 12 nitrogen and oxygen atoms in total. The summed E-state index contributed by atoms with van der Waals surface area (Å²) in [5, 5.41) is 24.8. The topological polar surface area (TPSA) is 159 Å². The lowest BCUT2D eigenvalue weighted by Crippen LogP contribution is -2.36. The minimum absolute atomic E-state index is 0.0818. The quantitative estimate of drug-likeness (QED) is 0.111. The van der Waals surface area contributed by atoms with Gasteiger partial charge in [-0.1, -0.05) is 30.4 Å². The van der Waals surface area contributed by atoms with Gasteiger partial charge in [-0.3, -0.25) is 19.9 Å². The molecular weight excluding hydrogens is 546 g/mol. The summed E-state index contributed by atoms with van der Waals surface area (Å²) in [5.74, 6) is -2.49. The Morgan fingerprint density at radius 1 is 1.10 bits per heavy atom. The first-order valence-electron chi connectivity index (χ1n) is 13.2. The highest BCUT2D eigenvalue weighted by molar-refractivity contribution is 6.07. The van der Waals surface area contributed by atoms with Crippen molar-refractivity contribution in [2.75, 3.05) is 40.5 Å². The molecule has 1 heterocycles. The molecule has 12 heteroatoms. The van der Waals surface area contributed by atoms with E-state index in [2.05, 4.69) is 10.3 Å². The number of non-ortho nitro benzene ring substituents is 1. The van der Waals surface area contributed by atoms with Crippen LogP contribution in [0.4, 0.5) is 5.69 Å². The molecule has 2 aromatic carbocycles. The van der Waals surface area contributed by atoms with E-state index in [1.54, 1.807) is 26.0 Å².